The standard InChI is InChI=1S/C7H8N2.C6H7N/c1-5-2-3-6(8)7(9)4-5;7-6-4-2-1-3-5-6/h2-4,8-9H,1H3;1-5H,7H2. The second kappa shape index (κ2) is 5.66. The molecule has 0 saturated heterocycles. The summed E-state index contributed by atoms with van der Waals surface area (Å²) in [5.41, 5.74) is 7.81. The van der Waals surface area contributed by atoms with Crippen molar-refractivity contribution in [2.75, 3.05) is 5.73 Å². The van der Waals surface area contributed by atoms with Gasteiger partial charge >= 0.3 is 0 Å². The molecule has 0 spiro atoms. The minimum Gasteiger partial charge on any atom is -0.399 e. The maximum Gasteiger partial charge on any atom is 0.0791 e. The molecule has 16 heavy (non-hydrogen) atoms. The van der Waals surface area contributed by atoms with E-state index in [1.807, 2.05) is 43.3 Å². The summed E-state index contributed by atoms with van der Waals surface area (Å²) >= 11 is 0. The maximum absolute atomic E-state index is 7.17. The number of nitrogen functional groups attached to an aromatic ring is 1. The van der Waals surface area contributed by atoms with Gasteiger partial charge in [-0.2, -0.15) is 0 Å². The van der Waals surface area contributed by atoms with Crippen molar-refractivity contribution in [3.05, 3.63) is 54.1 Å². The van der Waals surface area contributed by atoms with Gasteiger partial charge in [-0.05, 0) is 36.8 Å². The summed E-state index contributed by atoms with van der Waals surface area (Å²) < 4.78 is 0. The molecular formula is C13H15N3. The van der Waals surface area contributed by atoms with Crippen LogP contribution in [0.5, 0.6) is 0 Å². The maximum atomic E-state index is 7.17. The van der Waals surface area contributed by atoms with Gasteiger partial charge in [0.2, 0.25) is 0 Å². The Morgan fingerprint density at radius 2 is 1.56 bits per heavy atom. The molecule has 1 aliphatic rings. The van der Waals surface area contributed by atoms with Crippen molar-refractivity contribution in [3.63, 3.8) is 0 Å². The fourth-order valence-corrected chi connectivity index (χ4v) is 1.11. The molecule has 0 unspecified atom stereocenters. The minimum atomic E-state index is 0.292. The highest BCUT2D eigenvalue weighted by molar-refractivity contribution is 6.49. The molecule has 0 radical (unpaired) electrons. The third-order valence-corrected chi connectivity index (χ3v) is 1.97. The number of rotatable bonds is 0. The predicted molar refractivity (Wildman–Crippen MR) is 69.2 cm³/mol. The van der Waals surface area contributed by atoms with Crippen LogP contribution in [0.1, 0.15) is 6.92 Å². The first-order valence-electron chi connectivity index (χ1n) is 4.94. The molecule has 0 amide bonds. The lowest BCUT2D eigenvalue weighted by molar-refractivity contribution is 1.45. The third kappa shape index (κ3) is 3.92. The molecule has 3 heteroatoms. The number of hydrogen-bond donors (Lipinski definition) is 3. The molecule has 1 aromatic rings. The lowest BCUT2D eigenvalue weighted by atomic mass is 10.1. The summed E-state index contributed by atoms with van der Waals surface area (Å²) in [6, 6.07) is 9.49. The molecule has 0 atom stereocenters. The lowest BCUT2D eigenvalue weighted by Crippen LogP contribution is -2.08. The van der Waals surface area contributed by atoms with Crippen LogP contribution < -0.4 is 5.73 Å². The zero-order chi connectivity index (χ0) is 12.0. The van der Waals surface area contributed by atoms with Gasteiger partial charge in [-0.15, -0.1) is 0 Å². The fourth-order valence-electron chi connectivity index (χ4n) is 1.11. The van der Waals surface area contributed by atoms with Crippen LogP contribution in [0.2, 0.25) is 0 Å². The Bertz CT molecular complexity index is 442. The van der Waals surface area contributed by atoms with Crippen LogP contribution in [-0.4, -0.2) is 11.4 Å². The zero-order valence-electron chi connectivity index (χ0n) is 9.20. The van der Waals surface area contributed by atoms with E-state index in [2.05, 4.69) is 0 Å². The summed E-state index contributed by atoms with van der Waals surface area (Å²) in [6.07, 6.45) is 5.15. The molecule has 3 nitrogen and oxygen atoms in total. The predicted octanol–water partition coefficient (Wildman–Crippen LogP) is 2.81. The molecule has 1 aromatic carbocycles. The molecular weight excluding hydrogens is 198 g/mol. The van der Waals surface area contributed by atoms with Crippen molar-refractivity contribution in [2.45, 2.75) is 6.92 Å². The first-order valence-corrected chi connectivity index (χ1v) is 4.94. The van der Waals surface area contributed by atoms with Gasteiger partial charge in [-0.3, -0.25) is 10.8 Å². The van der Waals surface area contributed by atoms with Crippen molar-refractivity contribution in [3.8, 4) is 0 Å². The number of benzene rings is 1. The molecule has 0 aromatic heterocycles. The van der Waals surface area contributed by atoms with E-state index in [9.17, 15) is 0 Å². The Kier molecular flexibility index (Phi) is 4.21. The molecule has 0 saturated carbocycles. The van der Waals surface area contributed by atoms with E-state index < -0.39 is 0 Å². The Balaban J connectivity index is 0.000000165. The first-order chi connectivity index (χ1) is 7.59. The lowest BCUT2D eigenvalue weighted by Gasteiger charge is -2.01. The van der Waals surface area contributed by atoms with E-state index in [-0.39, 0.29) is 0 Å². The largest absolute Gasteiger partial charge is 0.399 e. The van der Waals surface area contributed by atoms with Gasteiger partial charge in [0.1, 0.15) is 0 Å². The monoisotopic (exact) mass is 213 g/mol. The number of nitrogens with one attached hydrogen (secondary N) is 2. The Hall–Kier alpha value is -2.16. The molecule has 0 bridgehead atoms. The van der Waals surface area contributed by atoms with E-state index in [0.29, 0.717) is 11.4 Å². The molecule has 0 aliphatic heterocycles. The van der Waals surface area contributed by atoms with Gasteiger partial charge in [0.25, 0.3) is 0 Å². The summed E-state index contributed by atoms with van der Waals surface area (Å²) in [6.45, 7) is 1.91. The van der Waals surface area contributed by atoms with Crippen LogP contribution in [0.25, 0.3) is 0 Å². The van der Waals surface area contributed by atoms with Gasteiger partial charge in [-0.1, -0.05) is 24.3 Å². The molecule has 1 aliphatic carbocycles. The Morgan fingerprint density at radius 1 is 0.938 bits per heavy atom. The zero-order valence-corrected chi connectivity index (χ0v) is 9.20. The van der Waals surface area contributed by atoms with Crippen LogP contribution >= 0.6 is 0 Å². The smallest absolute Gasteiger partial charge is 0.0791 e. The van der Waals surface area contributed by atoms with E-state index >= 15 is 0 Å². The highest BCUT2D eigenvalue weighted by Crippen LogP contribution is 2.02. The van der Waals surface area contributed by atoms with E-state index in [1.54, 1.807) is 12.2 Å². The van der Waals surface area contributed by atoms with E-state index in [1.165, 1.54) is 0 Å². The van der Waals surface area contributed by atoms with Crippen LogP contribution in [-0.2, 0) is 0 Å². The Morgan fingerprint density at radius 3 is 1.94 bits per heavy atom. The SMILES string of the molecule is CC1=CC(=N)C(=N)C=C1.Nc1ccccc1. The fraction of sp³-hybridized carbons (Fsp3) is 0.0769. The molecule has 4 N–H and O–H groups in total. The van der Waals surface area contributed by atoms with Crippen molar-refractivity contribution in [1.29, 1.82) is 10.8 Å². The van der Waals surface area contributed by atoms with Crippen LogP contribution in [0, 0.1) is 10.8 Å². The molecule has 82 valence electrons. The van der Waals surface area contributed by atoms with Gasteiger partial charge in [0, 0.05) is 5.69 Å². The number of nitrogens with two attached hydrogens (primary N) is 1. The highest BCUT2D eigenvalue weighted by Gasteiger charge is 2.01. The van der Waals surface area contributed by atoms with Crippen LogP contribution in [0.15, 0.2) is 54.1 Å². The van der Waals surface area contributed by atoms with Gasteiger partial charge < -0.3 is 5.73 Å². The van der Waals surface area contributed by atoms with Crippen LogP contribution in [0.3, 0.4) is 0 Å². The van der Waals surface area contributed by atoms with E-state index in [4.69, 9.17) is 16.6 Å². The number of hydrogen-bond acceptors (Lipinski definition) is 3. The van der Waals surface area contributed by atoms with Gasteiger partial charge in [-0.25, -0.2) is 0 Å². The summed E-state index contributed by atoms with van der Waals surface area (Å²) in [5.74, 6) is 0. The average molecular weight is 213 g/mol. The van der Waals surface area contributed by atoms with Crippen molar-refractivity contribution < 1.29 is 0 Å². The van der Waals surface area contributed by atoms with Gasteiger partial charge in [0.05, 0.1) is 11.4 Å². The summed E-state index contributed by atoms with van der Waals surface area (Å²) in [4.78, 5) is 0. The summed E-state index contributed by atoms with van der Waals surface area (Å²) in [5, 5.41) is 14.3. The second-order valence-corrected chi connectivity index (χ2v) is 3.46. The van der Waals surface area contributed by atoms with E-state index in [0.717, 1.165) is 11.3 Å². The van der Waals surface area contributed by atoms with Crippen LogP contribution in [0.4, 0.5) is 5.69 Å². The topological polar surface area (TPSA) is 73.7 Å². The normalized spacial score (nSPS) is 13.9. The number of para-hydroxylation sites is 1. The number of anilines is 1. The average Bonchev–Trinajstić information content (AvgIpc) is 2.26. The van der Waals surface area contributed by atoms with Gasteiger partial charge in [0.15, 0.2) is 0 Å². The minimum absolute atomic E-state index is 0.292. The Labute approximate surface area is 95.3 Å². The number of allylic oxidation sites excluding steroid dienone is 4. The molecule has 0 heterocycles. The molecule has 2 rings (SSSR count). The second-order valence-electron chi connectivity index (χ2n) is 3.46. The summed E-state index contributed by atoms with van der Waals surface area (Å²) in [7, 11) is 0. The van der Waals surface area contributed by atoms with Crippen molar-refractivity contribution in [2.24, 2.45) is 0 Å². The third-order valence-electron chi connectivity index (χ3n) is 1.97. The highest BCUT2D eigenvalue weighted by atomic mass is 14.5. The van der Waals surface area contributed by atoms with Crippen molar-refractivity contribution >= 4 is 17.1 Å². The first kappa shape index (κ1) is 11.9. The molecule has 0 fully saturated rings. The quantitative estimate of drug-likeness (QED) is 0.450. The van der Waals surface area contributed by atoms with Crippen molar-refractivity contribution in [1.82, 2.24) is 0 Å².